The minimum Gasteiger partial charge on any atom is -0.134 e. The van der Waals surface area contributed by atoms with Gasteiger partial charge in [-0.15, -0.1) is 11.3 Å². The molecule has 0 aliphatic rings. The van der Waals surface area contributed by atoms with Crippen LogP contribution in [0.4, 0.5) is 0 Å². The number of rotatable bonds is 3. The fraction of sp³-hybridized carbons (Fsp3) is 0. The molecule has 0 saturated heterocycles. The maximum atomic E-state index is 2.43. The van der Waals surface area contributed by atoms with Gasteiger partial charge in [-0.2, -0.15) is 0 Å². The second-order valence-electron chi connectivity index (χ2n) is 13.6. The zero-order chi connectivity index (χ0) is 33.5. The predicted molar refractivity (Wildman–Crippen MR) is 223 cm³/mol. The van der Waals surface area contributed by atoms with Crippen LogP contribution in [0, 0.1) is 0 Å². The van der Waals surface area contributed by atoms with Gasteiger partial charge >= 0.3 is 0 Å². The van der Waals surface area contributed by atoms with Gasteiger partial charge in [-0.1, -0.05) is 164 Å². The van der Waals surface area contributed by atoms with Gasteiger partial charge < -0.3 is 0 Å². The Morgan fingerprint density at radius 3 is 1.51 bits per heavy atom. The van der Waals surface area contributed by atoms with Crippen LogP contribution in [-0.4, -0.2) is 0 Å². The van der Waals surface area contributed by atoms with E-state index in [1.54, 1.807) is 0 Å². The molecule has 0 amide bonds. The first-order valence-corrected chi connectivity index (χ1v) is 18.4. The van der Waals surface area contributed by atoms with E-state index < -0.39 is 0 Å². The molecule has 0 radical (unpaired) electrons. The highest BCUT2D eigenvalue weighted by Crippen LogP contribution is 2.49. The van der Waals surface area contributed by atoms with Crippen LogP contribution in [0.2, 0.25) is 0 Å². The lowest BCUT2D eigenvalue weighted by Gasteiger charge is -2.19. The minimum absolute atomic E-state index is 1.23. The van der Waals surface area contributed by atoms with Crippen molar-refractivity contribution in [2.24, 2.45) is 0 Å². The van der Waals surface area contributed by atoms with E-state index in [9.17, 15) is 0 Å². The lowest BCUT2D eigenvalue weighted by molar-refractivity contribution is 1.65. The highest BCUT2D eigenvalue weighted by molar-refractivity contribution is 7.26. The molecule has 0 saturated carbocycles. The third-order valence-electron chi connectivity index (χ3n) is 10.8. The third-order valence-corrected chi connectivity index (χ3v) is 12.0. The molecular weight excluding hydrogens is 633 g/mol. The summed E-state index contributed by atoms with van der Waals surface area (Å²) in [5.41, 5.74) is 7.62. The first-order chi connectivity index (χ1) is 25.3. The van der Waals surface area contributed by atoms with Crippen LogP contribution in [0.5, 0.6) is 0 Å². The van der Waals surface area contributed by atoms with Crippen LogP contribution in [0.1, 0.15) is 0 Å². The Bertz CT molecular complexity index is 3130. The van der Waals surface area contributed by atoms with E-state index in [2.05, 4.69) is 182 Å². The van der Waals surface area contributed by atoms with Crippen LogP contribution < -0.4 is 0 Å². The highest BCUT2D eigenvalue weighted by Gasteiger charge is 2.20. The molecule has 1 heterocycles. The average molecular weight is 663 g/mol. The lowest BCUT2D eigenvalue weighted by Crippen LogP contribution is -1.92. The van der Waals surface area contributed by atoms with Crippen molar-refractivity contribution in [3.63, 3.8) is 0 Å². The molecule has 0 nitrogen and oxygen atoms in total. The second kappa shape index (κ2) is 11.1. The SMILES string of the molecule is c1cc(-c2c3ccccc3c(-c3cccc4ccccc34)c3ccccc23)cc(-c2cc3ccccc3c3c2sc2ccc4ccccc4c23)c1. The van der Waals surface area contributed by atoms with Crippen molar-refractivity contribution < 1.29 is 0 Å². The Morgan fingerprint density at radius 1 is 0.294 bits per heavy atom. The normalized spacial score (nSPS) is 11.9. The fourth-order valence-corrected chi connectivity index (χ4v) is 9.89. The maximum absolute atomic E-state index is 2.43. The summed E-state index contributed by atoms with van der Waals surface area (Å²) in [6.45, 7) is 0. The molecule has 1 heteroatoms. The van der Waals surface area contributed by atoms with Crippen molar-refractivity contribution >= 4 is 85.4 Å². The molecule has 0 fully saturated rings. The first-order valence-electron chi connectivity index (χ1n) is 17.6. The molecule has 10 aromatic carbocycles. The number of fused-ring (bicyclic) bond motifs is 10. The molecule has 0 unspecified atom stereocenters. The number of benzene rings is 10. The van der Waals surface area contributed by atoms with E-state index in [1.807, 2.05) is 11.3 Å². The Kier molecular flexibility index (Phi) is 6.22. The quantitative estimate of drug-likeness (QED) is 0.165. The van der Waals surface area contributed by atoms with E-state index in [0.29, 0.717) is 0 Å². The van der Waals surface area contributed by atoms with Crippen molar-refractivity contribution in [2.45, 2.75) is 0 Å². The minimum atomic E-state index is 1.23. The fourth-order valence-electron chi connectivity index (χ4n) is 8.62. The van der Waals surface area contributed by atoms with Gasteiger partial charge in [0.1, 0.15) is 0 Å². The smallest absolute Gasteiger partial charge is 0.0440 e. The highest BCUT2D eigenvalue weighted by atomic mass is 32.1. The first kappa shape index (κ1) is 28.5. The predicted octanol–water partition coefficient (Wildman–Crippen LogP) is 14.8. The van der Waals surface area contributed by atoms with Gasteiger partial charge in [0.15, 0.2) is 0 Å². The van der Waals surface area contributed by atoms with Gasteiger partial charge in [0.2, 0.25) is 0 Å². The van der Waals surface area contributed by atoms with Gasteiger partial charge in [0, 0.05) is 25.7 Å². The van der Waals surface area contributed by atoms with Crippen molar-refractivity contribution in [3.8, 4) is 33.4 Å². The van der Waals surface area contributed by atoms with Crippen molar-refractivity contribution in [1.82, 2.24) is 0 Å². The molecule has 1 aromatic heterocycles. The number of hydrogen-bond acceptors (Lipinski definition) is 1. The van der Waals surface area contributed by atoms with Crippen LogP contribution in [0.15, 0.2) is 182 Å². The molecule has 236 valence electrons. The van der Waals surface area contributed by atoms with E-state index in [4.69, 9.17) is 0 Å². The molecule has 0 bridgehead atoms. The average Bonchev–Trinajstić information content (AvgIpc) is 3.60. The van der Waals surface area contributed by atoms with Gasteiger partial charge in [-0.05, 0) is 99.9 Å². The summed E-state index contributed by atoms with van der Waals surface area (Å²) >= 11 is 1.92. The summed E-state index contributed by atoms with van der Waals surface area (Å²) in [6, 6.07) is 67.4. The Morgan fingerprint density at radius 2 is 0.804 bits per heavy atom. The van der Waals surface area contributed by atoms with E-state index in [-0.39, 0.29) is 0 Å². The monoisotopic (exact) mass is 662 g/mol. The number of hydrogen-bond donors (Lipinski definition) is 0. The van der Waals surface area contributed by atoms with Gasteiger partial charge in [-0.25, -0.2) is 0 Å². The Hall–Kier alpha value is -6.28. The van der Waals surface area contributed by atoms with E-state index in [0.717, 1.165) is 0 Å². The maximum Gasteiger partial charge on any atom is 0.0440 e. The largest absolute Gasteiger partial charge is 0.134 e. The molecule has 0 aliphatic carbocycles. The Labute approximate surface area is 299 Å². The van der Waals surface area contributed by atoms with Crippen LogP contribution in [0.3, 0.4) is 0 Å². The summed E-state index contributed by atoms with van der Waals surface area (Å²) in [7, 11) is 0. The molecule has 0 spiro atoms. The summed E-state index contributed by atoms with van der Waals surface area (Å²) in [5, 5.41) is 15.6. The molecule has 0 aliphatic heterocycles. The number of thiophene rings is 1. The van der Waals surface area contributed by atoms with Crippen LogP contribution >= 0.6 is 11.3 Å². The summed E-state index contributed by atoms with van der Waals surface area (Å²) < 4.78 is 2.68. The van der Waals surface area contributed by atoms with E-state index in [1.165, 1.54) is 107 Å². The molecule has 11 aromatic rings. The molecular formula is C50H30S. The second-order valence-corrected chi connectivity index (χ2v) is 14.6. The van der Waals surface area contributed by atoms with Crippen molar-refractivity contribution in [3.05, 3.63) is 182 Å². The summed E-state index contributed by atoms with van der Waals surface area (Å²) in [5.74, 6) is 0. The Balaban J connectivity index is 1.21. The van der Waals surface area contributed by atoms with Gasteiger partial charge in [-0.3, -0.25) is 0 Å². The third kappa shape index (κ3) is 4.26. The van der Waals surface area contributed by atoms with E-state index >= 15 is 0 Å². The van der Waals surface area contributed by atoms with Crippen LogP contribution in [-0.2, 0) is 0 Å². The molecule has 0 atom stereocenters. The zero-order valence-corrected chi connectivity index (χ0v) is 28.5. The molecule has 51 heavy (non-hydrogen) atoms. The van der Waals surface area contributed by atoms with Crippen molar-refractivity contribution in [2.75, 3.05) is 0 Å². The summed E-state index contributed by atoms with van der Waals surface area (Å²) in [6.07, 6.45) is 0. The molecule has 11 rings (SSSR count). The topological polar surface area (TPSA) is 0 Å². The lowest BCUT2D eigenvalue weighted by atomic mass is 9.84. The van der Waals surface area contributed by atoms with Crippen LogP contribution in [0.25, 0.3) is 107 Å². The molecule has 0 N–H and O–H groups in total. The van der Waals surface area contributed by atoms with Crippen molar-refractivity contribution in [1.29, 1.82) is 0 Å². The zero-order valence-electron chi connectivity index (χ0n) is 27.7. The summed E-state index contributed by atoms with van der Waals surface area (Å²) in [4.78, 5) is 0. The standard InChI is InChI=1S/C50H30S/c1-4-19-36-31(13-1)16-12-26-39(36)47-42-24-9-7-22-40(42)46(41-23-8-10-25-43(41)47)35-18-11-17-33(29-35)44-30-34-15-3-6-21-38(34)49-48-37-20-5-2-14-32(37)27-28-45(48)51-50(44)49/h1-30H. The van der Waals surface area contributed by atoms with Gasteiger partial charge in [0.05, 0.1) is 0 Å². The van der Waals surface area contributed by atoms with Gasteiger partial charge in [0.25, 0.3) is 0 Å².